The predicted octanol–water partition coefficient (Wildman–Crippen LogP) is 7.13. The third-order valence-electron chi connectivity index (χ3n) is 5.62. The van der Waals surface area contributed by atoms with Crippen LogP contribution >= 0.6 is 0 Å². The first-order valence-corrected chi connectivity index (χ1v) is 9.29. The molecule has 0 saturated heterocycles. The van der Waals surface area contributed by atoms with E-state index in [2.05, 4.69) is 79.9 Å². The zero-order valence-electron chi connectivity index (χ0n) is 20.4. The Balaban J connectivity index is -0.000000322. The van der Waals surface area contributed by atoms with Crippen LogP contribution in [0.2, 0.25) is 0 Å². The normalized spacial score (nSPS) is 9.11. The van der Waals surface area contributed by atoms with Crippen molar-refractivity contribution in [2.24, 2.45) is 0 Å². The van der Waals surface area contributed by atoms with Crippen LogP contribution in [0.25, 0.3) is 10.6 Å². The second-order valence-corrected chi connectivity index (χ2v) is 7.14. The van der Waals surface area contributed by atoms with E-state index in [9.17, 15) is 0 Å². The Morgan fingerprint density at radius 1 is 0.444 bits per heavy atom. The summed E-state index contributed by atoms with van der Waals surface area (Å²) >= 11 is 0. The molecule has 0 unspecified atom stereocenters. The minimum absolute atomic E-state index is 0. The van der Waals surface area contributed by atoms with Crippen LogP contribution in [0.15, 0.2) is 0 Å². The van der Waals surface area contributed by atoms with Crippen LogP contribution in [0.5, 0.6) is 0 Å². The second-order valence-electron chi connectivity index (χ2n) is 7.14. The van der Waals surface area contributed by atoms with Gasteiger partial charge in [-0.3, -0.25) is 0 Å². The Labute approximate surface area is 194 Å². The molecule has 0 atom stereocenters. The van der Waals surface area contributed by atoms with Gasteiger partial charge in [0.1, 0.15) is 0 Å². The van der Waals surface area contributed by atoms with Crippen molar-refractivity contribution in [2.75, 3.05) is 28.2 Å². The molecule has 0 radical (unpaired) electrons. The van der Waals surface area contributed by atoms with Crippen LogP contribution in [0.3, 0.4) is 0 Å². The van der Waals surface area contributed by atoms with Gasteiger partial charge in [0.15, 0.2) is 0 Å². The molecule has 2 nitrogen and oxygen atoms in total. The van der Waals surface area contributed by atoms with Crippen molar-refractivity contribution >= 4 is 0 Å². The van der Waals surface area contributed by atoms with E-state index in [1.54, 1.807) is 28.2 Å². The van der Waals surface area contributed by atoms with Gasteiger partial charge in [-0.2, -0.15) is 83.8 Å². The Morgan fingerprint density at radius 3 is 0.593 bits per heavy atom. The largest absolute Gasteiger partial charge is 4.00 e. The molecular formula is C24H42N2U. The zero-order valence-corrected chi connectivity index (χ0v) is 24.6. The summed E-state index contributed by atoms with van der Waals surface area (Å²) < 4.78 is 0. The molecule has 0 bridgehead atoms. The molecular weight excluding hydrogens is 554 g/mol. The van der Waals surface area contributed by atoms with Gasteiger partial charge in [-0.25, -0.2) is 0 Å². The fourth-order valence-electron chi connectivity index (χ4n) is 2.81. The van der Waals surface area contributed by atoms with E-state index >= 15 is 0 Å². The van der Waals surface area contributed by atoms with E-state index in [1.807, 2.05) is 0 Å². The summed E-state index contributed by atoms with van der Waals surface area (Å²) in [6, 6.07) is 0. The maximum Gasteiger partial charge on any atom is 4.00 e. The van der Waals surface area contributed by atoms with Gasteiger partial charge in [0, 0.05) is 0 Å². The number of hydrogen-bond donors (Lipinski definition) is 0. The van der Waals surface area contributed by atoms with Gasteiger partial charge in [-0.05, 0) is 0 Å². The minimum Gasteiger partial charge on any atom is -0.668 e. The molecule has 0 spiro atoms. The Hall–Kier alpha value is -0.328. The SMILES string of the molecule is C[N-]C.C[N-]C.Cc1c(C)c(C)[c-](C)c1C.Cc1c(C)c(C)[c-](C)c1C.[U+4]. The number of hydrogen-bond acceptors (Lipinski definition) is 0. The van der Waals surface area contributed by atoms with E-state index in [0.29, 0.717) is 0 Å². The molecule has 0 aliphatic rings. The molecule has 0 N–H and O–H groups in total. The summed E-state index contributed by atoms with van der Waals surface area (Å²) in [5, 5.41) is 7.00. The van der Waals surface area contributed by atoms with Crippen LogP contribution in [-0.4, -0.2) is 28.2 Å². The fraction of sp³-hybridized carbons (Fsp3) is 0.583. The molecule has 152 valence electrons. The van der Waals surface area contributed by atoms with E-state index < -0.39 is 0 Å². The minimum atomic E-state index is 0. The summed E-state index contributed by atoms with van der Waals surface area (Å²) in [6.07, 6.45) is 0. The first-order chi connectivity index (χ1) is 11.9. The first-order valence-electron chi connectivity index (χ1n) is 9.29. The molecule has 3 heteroatoms. The van der Waals surface area contributed by atoms with Gasteiger partial charge in [0.25, 0.3) is 0 Å². The van der Waals surface area contributed by atoms with Crippen molar-refractivity contribution < 1.29 is 31.1 Å². The summed E-state index contributed by atoms with van der Waals surface area (Å²) in [5.74, 6) is 0. The Bertz CT molecular complexity index is 442. The van der Waals surface area contributed by atoms with Gasteiger partial charge in [0.05, 0.1) is 0 Å². The summed E-state index contributed by atoms with van der Waals surface area (Å²) in [4.78, 5) is 0. The molecule has 0 aliphatic heterocycles. The van der Waals surface area contributed by atoms with Gasteiger partial charge >= 0.3 is 31.1 Å². The van der Waals surface area contributed by atoms with Crippen molar-refractivity contribution in [1.82, 2.24) is 0 Å². The van der Waals surface area contributed by atoms with Gasteiger partial charge in [0.2, 0.25) is 0 Å². The van der Waals surface area contributed by atoms with Gasteiger partial charge in [-0.15, -0.1) is 0 Å². The quantitative estimate of drug-likeness (QED) is 0.290. The molecule has 0 aromatic heterocycles. The molecule has 0 heterocycles. The molecule has 0 saturated carbocycles. The van der Waals surface area contributed by atoms with E-state index in [1.165, 1.54) is 55.6 Å². The molecule has 0 aliphatic carbocycles. The number of nitrogens with zero attached hydrogens (tertiary/aromatic N) is 2. The topological polar surface area (TPSA) is 28.2 Å². The Kier molecular flexibility index (Phi) is 18.1. The van der Waals surface area contributed by atoms with Gasteiger partial charge in [-0.1, -0.05) is 69.2 Å². The Morgan fingerprint density at radius 2 is 0.556 bits per heavy atom. The summed E-state index contributed by atoms with van der Waals surface area (Å²) in [6.45, 7) is 22.0. The standard InChI is InChI=1S/2C10H15.2C2H6N.U/c2*1-6-7(2)9(4)10(5)8(6)3;2*1-3-2;/h2*1-5H3;2*1-2H3;/q4*-1;+4. The number of rotatable bonds is 0. The van der Waals surface area contributed by atoms with Crippen molar-refractivity contribution in [3.05, 3.63) is 66.3 Å². The van der Waals surface area contributed by atoms with Crippen LogP contribution in [0.4, 0.5) is 0 Å². The fourth-order valence-corrected chi connectivity index (χ4v) is 2.81. The second kappa shape index (κ2) is 15.6. The predicted molar refractivity (Wildman–Crippen MR) is 122 cm³/mol. The third kappa shape index (κ3) is 9.14. The molecule has 2 rings (SSSR count). The van der Waals surface area contributed by atoms with Crippen LogP contribution in [0, 0.1) is 100 Å². The monoisotopic (exact) mass is 596 g/mol. The molecule has 27 heavy (non-hydrogen) atoms. The maximum atomic E-state index is 3.50. The van der Waals surface area contributed by atoms with Crippen LogP contribution < -0.4 is 0 Å². The first kappa shape index (κ1) is 31.4. The van der Waals surface area contributed by atoms with E-state index in [-0.39, 0.29) is 31.1 Å². The van der Waals surface area contributed by atoms with Crippen molar-refractivity contribution in [3.63, 3.8) is 0 Å². The van der Waals surface area contributed by atoms with E-state index in [4.69, 9.17) is 0 Å². The van der Waals surface area contributed by atoms with Crippen LogP contribution in [0.1, 0.15) is 55.6 Å². The molecule has 2 aromatic carbocycles. The molecule has 0 fully saturated rings. The van der Waals surface area contributed by atoms with Crippen LogP contribution in [-0.2, 0) is 0 Å². The maximum absolute atomic E-state index is 3.50. The van der Waals surface area contributed by atoms with Crippen molar-refractivity contribution in [3.8, 4) is 0 Å². The molecule has 0 amide bonds. The summed E-state index contributed by atoms with van der Waals surface area (Å²) in [7, 11) is 7.00. The van der Waals surface area contributed by atoms with E-state index in [0.717, 1.165) is 0 Å². The summed E-state index contributed by atoms with van der Waals surface area (Å²) in [5.41, 5.74) is 14.7. The smallest absolute Gasteiger partial charge is 0.668 e. The van der Waals surface area contributed by atoms with Gasteiger partial charge < -0.3 is 10.6 Å². The van der Waals surface area contributed by atoms with Crippen molar-refractivity contribution in [2.45, 2.75) is 69.2 Å². The van der Waals surface area contributed by atoms with Crippen molar-refractivity contribution in [1.29, 1.82) is 0 Å². The molecule has 2 aromatic rings. The zero-order chi connectivity index (χ0) is 21.2. The third-order valence-corrected chi connectivity index (χ3v) is 5.62. The average molecular weight is 597 g/mol. The average Bonchev–Trinajstić information content (AvgIpc) is 2.87.